The fourth-order valence-electron chi connectivity index (χ4n) is 2.69. The summed E-state index contributed by atoms with van der Waals surface area (Å²) in [6.45, 7) is 4.07. The van der Waals surface area contributed by atoms with Crippen LogP contribution in [0.3, 0.4) is 0 Å². The van der Waals surface area contributed by atoms with E-state index in [0.717, 1.165) is 42.3 Å². The number of aromatic hydroxyl groups is 1. The van der Waals surface area contributed by atoms with Crippen molar-refractivity contribution < 1.29 is 9.84 Å². The van der Waals surface area contributed by atoms with Gasteiger partial charge in [-0.2, -0.15) is 0 Å². The first-order chi connectivity index (χ1) is 8.75. The van der Waals surface area contributed by atoms with E-state index in [4.69, 9.17) is 4.74 Å². The van der Waals surface area contributed by atoms with Gasteiger partial charge in [0.05, 0.1) is 0 Å². The number of nitrogens with zero attached hydrogens (tertiary/aromatic N) is 1. The van der Waals surface area contributed by atoms with Gasteiger partial charge in [0, 0.05) is 18.7 Å². The molecule has 1 fully saturated rings. The van der Waals surface area contributed by atoms with Gasteiger partial charge in [0.25, 0.3) is 0 Å². The Kier molecular flexibility index (Phi) is 2.90. The molecule has 0 amide bonds. The summed E-state index contributed by atoms with van der Waals surface area (Å²) >= 11 is 0. The molecule has 2 aliphatic rings. The number of ether oxygens (including phenoxy) is 1. The third-order valence-electron chi connectivity index (χ3n) is 3.83. The number of hydrogen-bond acceptors (Lipinski definition) is 3. The summed E-state index contributed by atoms with van der Waals surface area (Å²) in [4.78, 5) is 2.32. The van der Waals surface area contributed by atoms with E-state index in [1.807, 2.05) is 13.0 Å². The number of fused-ring (bicyclic) bond motifs is 1. The van der Waals surface area contributed by atoms with Crippen molar-refractivity contribution in [2.24, 2.45) is 0 Å². The third-order valence-corrected chi connectivity index (χ3v) is 3.83. The SMILES string of the molecule is Cc1c(O)ccc2c1OC(N1CCCCC1)=CC2. The minimum atomic E-state index is 0.314. The molecule has 1 saturated heterocycles. The predicted molar refractivity (Wildman–Crippen MR) is 70.7 cm³/mol. The molecule has 2 aliphatic heterocycles. The normalized spacial score (nSPS) is 18.9. The molecule has 18 heavy (non-hydrogen) atoms. The minimum Gasteiger partial charge on any atom is -0.508 e. The Labute approximate surface area is 108 Å². The number of benzene rings is 1. The van der Waals surface area contributed by atoms with Gasteiger partial charge in [-0.25, -0.2) is 0 Å². The van der Waals surface area contributed by atoms with E-state index in [-0.39, 0.29) is 0 Å². The Bertz CT molecular complexity index is 488. The second-order valence-electron chi connectivity index (χ2n) is 5.09. The quantitative estimate of drug-likeness (QED) is 0.825. The zero-order valence-electron chi connectivity index (χ0n) is 10.8. The maximum atomic E-state index is 9.76. The van der Waals surface area contributed by atoms with Gasteiger partial charge in [-0.3, -0.25) is 0 Å². The van der Waals surface area contributed by atoms with E-state index >= 15 is 0 Å². The first-order valence-corrected chi connectivity index (χ1v) is 6.70. The topological polar surface area (TPSA) is 32.7 Å². The average Bonchev–Trinajstić information content (AvgIpc) is 2.44. The van der Waals surface area contributed by atoms with Crippen LogP contribution >= 0.6 is 0 Å². The lowest BCUT2D eigenvalue weighted by molar-refractivity contribution is 0.181. The van der Waals surface area contributed by atoms with Gasteiger partial charge in [-0.15, -0.1) is 0 Å². The van der Waals surface area contributed by atoms with Crippen LogP contribution in [0.15, 0.2) is 24.1 Å². The maximum absolute atomic E-state index is 9.76. The first kappa shape index (κ1) is 11.5. The first-order valence-electron chi connectivity index (χ1n) is 6.70. The summed E-state index contributed by atoms with van der Waals surface area (Å²) in [7, 11) is 0. The van der Waals surface area contributed by atoms with Crippen LogP contribution in [0, 0.1) is 6.92 Å². The molecule has 1 aromatic carbocycles. The molecule has 0 bridgehead atoms. The van der Waals surface area contributed by atoms with Crippen LogP contribution < -0.4 is 4.74 Å². The van der Waals surface area contributed by atoms with Crippen molar-refractivity contribution in [1.29, 1.82) is 0 Å². The Morgan fingerprint density at radius 1 is 1.17 bits per heavy atom. The highest BCUT2D eigenvalue weighted by molar-refractivity contribution is 5.51. The van der Waals surface area contributed by atoms with Gasteiger partial charge in [0.1, 0.15) is 11.5 Å². The van der Waals surface area contributed by atoms with Crippen molar-refractivity contribution >= 4 is 0 Å². The van der Waals surface area contributed by atoms with Crippen molar-refractivity contribution in [2.45, 2.75) is 32.6 Å². The number of phenols is 1. The molecular formula is C15H19NO2. The molecule has 0 aromatic heterocycles. The van der Waals surface area contributed by atoms with Crippen molar-refractivity contribution in [3.05, 3.63) is 35.2 Å². The van der Waals surface area contributed by atoms with Gasteiger partial charge >= 0.3 is 0 Å². The van der Waals surface area contributed by atoms with Crippen LogP contribution in [-0.2, 0) is 6.42 Å². The van der Waals surface area contributed by atoms with Crippen LogP contribution in [0.4, 0.5) is 0 Å². The predicted octanol–water partition coefficient (Wildman–Crippen LogP) is 2.96. The molecule has 3 nitrogen and oxygen atoms in total. The number of piperidine rings is 1. The van der Waals surface area contributed by atoms with Crippen molar-refractivity contribution in [3.8, 4) is 11.5 Å². The number of phenolic OH excluding ortho intramolecular Hbond substituents is 1. The molecule has 0 unspecified atom stereocenters. The van der Waals surface area contributed by atoms with Crippen LogP contribution in [-0.4, -0.2) is 23.1 Å². The summed E-state index contributed by atoms with van der Waals surface area (Å²) in [5.74, 6) is 2.13. The monoisotopic (exact) mass is 245 g/mol. The smallest absolute Gasteiger partial charge is 0.192 e. The summed E-state index contributed by atoms with van der Waals surface area (Å²) < 4.78 is 6.01. The second kappa shape index (κ2) is 4.56. The second-order valence-corrected chi connectivity index (χ2v) is 5.09. The number of hydrogen-bond donors (Lipinski definition) is 1. The van der Waals surface area contributed by atoms with Gasteiger partial charge in [-0.05, 0) is 50.3 Å². The summed E-state index contributed by atoms with van der Waals surface area (Å²) in [5.41, 5.74) is 2.00. The van der Waals surface area contributed by atoms with E-state index < -0.39 is 0 Å². The standard InChI is InChI=1S/C15H19NO2/c1-11-13(17)7-5-12-6-8-14(18-15(11)12)16-9-3-2-4-10-16/h5,7-8,17H,2-4,6,9-10H2,1H3. The summed E-state index contributed by atoms with van der Waals surface area (Å²) in [6, 6.07) is 3.69. The lowest BCUT2D eigenvalue weighted by Crippen LogP contribution is -2.32. The van der Waals surface area contributed by atoms with Crippen LogP contribution in [0.2, 0.25) is 0 Å². The minimum absolute atomic E-state index is 0.314. The Hall–Kier alpha value is -1.64. The maximum Gasteiger partial charge on any atom is 0.192 e. The van der Waals surface area contributed by atoms with Gasteiger partial charge in [0.2, 0.25) is 0 Å². The highest BCUT2D eigenvalue weighted by Crippen LogP contribution is 2.36. The summed E-state index contributed by atoms with van der Waals surface area (Å²) in [5, 5.41) is 9.76. The molecule has 3 heteroatoms. The number of likely N-dealkylation sites (tertiary alicyclic amines) is 1. The number of allylic oxidation sites excluding steroid dienone is 1. The Morgan fingerprint density at radius 3 is 2.72 bits per heavy atom. The van der Waals surface area contributed by atoms with Crippen LogP contribution in [0.1, 0.15) is 30.4 Å². The highest BCUT2D eigenvalue weighted by Gasteiger charge is 2.21. The molecule has 3 rings (SSSR count). The van der Waals surface area contributed by atoms with Crippen LogP contribution in [0.5, 0.6) is 11.5 Å². The summed E-state index contributed by atoms with van der Waals surface area (Å²) in [6.07, 6.45) is 6.85. The molecule has 1 N–H and O–H groups in total. The third kappa shape index (κ3) is 1.94. The Morgan fingerprint density at radius 2 is 1.94 bits per heavy atom. The lowest BCUT2D eigenvalue weighted by Gasteiger charge is -2.33. The van der Waals surface area contributed by atoms with E-state index in [1.54, 1.807) is 6.07 Å². The lowest BCUT2D eigenvalue weighted by atomic mass is 10.0. The zero-order chi connectivity index (χ0) is 12.5. The Balaban J connectivity index is 1.85. The molecule has 0 saturated carbocycles. The van der Waals surface area contributed by atoms with Crippen molar-refractivity contribution in [2.75, 3.05) is 13.1 Å². The fraction of sp³-hybridized carbons (Fsp3) is 0.467. The van der Waals surface area contributed by atoms with Gasteiger partial charge in [0.15, 0.2) is 5.88 Å². The number of rotatable bonds is 1. The van der Waals surface area contributed by atoms with E-state index in [2.05, 4.69) is 11.0 Å². The zero-order valence-corrected chi connectivity index (χ0v) is 10.8. The van der Waals surface area contributed by atoms with Crippen molar-refractivity contribution in [3.63, 3.8) is 0 Å². The fourth-order valence-corrected chi connectivity index (χ4v) is 2.69. The van der Waals surface area contributed by atoms with Crippen molar-refractivity contribution in [1.82, 2.24) is 4.90 Å². The van der Waals surface area contributed by atoms with Gasteiger partial charge < -0.3 is 14.7 Å². The highest BCUT2D eigenvalue weighted by atomic mass is 16.5. The average molecular weight is 245 g/mol. The molecule has 96 valence electrons. The van der Waals surface area contributed by atoms with Crippen LogP contribution in [0.25, 0.3) is 0 Å². The molecule has 1 aromatic rings. The molecule has 2 heterocycles. The van der Waals surface area contributed by atoms with E-state index in [0.29, 0.717) is 5.75 Å². The molecule has 0 aliphatic carbocycles. The largest absolute Gasteiger partial charge is 0.508 e. The van der Waals surface area contributed by atoms with Gasteiger partial charge in [-0.1, -0.05) is 6.07 Å². The molecule has 0 spiro atoms. The molecule has 0 radical (unpaired) electrons. The molecular weight excluding hydrogens is 226 g/mol. The van der Waals surface area contributed by atoms with E-state index in [1.165, 1.54) is 19.3 Å². The van der Waals surface area contributed by atoms with E-state index in [9.17, 15) is 5.11 Å². The molecule has 0 atom stereocenters.